The van der Waals surface area contributed by atoms with Crippen LogP contribution < -0.4 is 26.2 Å². The maximum atomic E-state index is 5.14. The third-order valence-electron chi connectivity index (χ3n) is 23.3. The van der Waals surface area contributed by atoms with Crippen LogP contribution in [0.25, 0.3) is 166 Å². The molecular formula is C111H74N10. The van der Waals surface area contributed by atoms with E-state index >= 15 is 0 Å². The summed E-state index contributed by atoms with van der Waals surface area (Å²) in [5.41, 5.74) is 35.1. The number of nitrogens with one attached hydrogen (secondary N) is 4. The Labute approximate surface area is 700 Å². The largest absolute Gasteiger partial charge is 0.354 e. The van der Waals surface area contributed by atoms with Crippen LogP contribution >= 0.6 is 0 Å². The fourth-order valence-electron chi connectivity index (χ4n) is 17.9. The van der Waals surface area contributed by atoms with Gasteiger partial charge in [-0.1, -0.05) is 249 Å². The van der Waals surface area contributed by atoms with Gasteiger partial charge in [0, 0.05) is 125 Å². The smallest absolute Gasteiger partial charge is 0.138 e. The monoisotopic (exact) mass is 1550 g/mol. The van der Waals surface area contributed by atoms with E-state index in [1.54, 1.807) is 0 Å². The summed E-state index contributed by atoms with van der Waals surface area (Å²) in [4.78, 5) is 25.2. The van der Waals surface area contributed by atoms with E-state index < -0.39 is 0 Å². The maximum Gasteiger partial charge on any atom is 0.138 e. The normalized spacial score (nSPS) is 11.9. The van der Waals surface area contributed by atoms with Crippen LogP contribution in [0.4, 0.5) is 62.7 Å². The van der Waals surface area contributed by atoms with Crippen molar-refractivity contribution in [3.8, 4) is 112 Å². The van der Waals surface area contributed by atoms with Crippen molar-refractivity contribution >= 4 is 117 Å². The summed E-state index contributed by atoms with van der Waals surface area (Å²) in [5.74, 6) is 0.928. The summed E-state index contributed by atoms with van der Waals surface area (Å²) in [6.07, 6.45) is 11.2. The summed E-state index contributed by atoms with van der Waals surface area (Å²) in [5, 5.41) is 26.5. The predicted octanol–water partition coefficient (Wildman–Crippen LogP) is 29.9. The zero-order chi connectivity index (χ0) is 80.1. The Morgan fingerprint density at radius 1 is 0.207 bits per heavy atom. The Bertz CT molecular complexity index is 6890. The van der Waals surface area contributed by atoms with Gasteiger partial charge in [-0.05, 0) is 228 Å². The molecule has 5 aliphatic heterocycles. The molecular weight excluding hydrogens is 1470 g/mol. The number of rotatable bonds is 6. The van der Waals surface area contributed by atoms with Crippen LogP contribution in [-0.4, -0.2) is 24.9 Å². The van der Waals surface area contributed by atoms with Gasteiger partial charge >= 0.3 is 0 Å². The van der Waals surface area contributed by atoms with Gasteiger partial charge < -0.3 is 26.2 Å². The molecule has 0 amide bonds. The molecule has 4 N–H and O–H groups in total. The van der Waals surface area contributed by atoms with Crippen LogP contribution in [0, 0.1) is 0 Å². The SMILES string of the molecule is c1ccc(-c2cc3c4c(cccc4c2)Nc2cccnc2-3)cc1.c1ccc(-c2cc3c4c(cccc4c2)Nc2ccncc2-3)cc1.c1ccc(-c2cc3c4c(cccc4c2)Nc2cnccc2-3)cc1.c1ccc(-c2cc3c4c(cccc4c2)Nc2ncccc2-3)cc1.c1ccc(-c2cc3cccc4c3c(n2)-c2ccccc2N4c2ccccc2)cc1. The van der Waals surface area contributed by atoms with Gasteiger partial charge in [-0.2, -0.15) is 0 Å². The van der Waals surface area contributed by atoms with Crippen molar-refractivity contribution in [3.63, 3.8) is 0 Å². The first-order chi connectivity index (χ1) is 60.0. The number of hydrogen-bond donors (Lipinski definition) is 4. The summed E-state index contributed by atoms with van der Waals surface area (Å²) in [6, 6.07) is 136. The van der Waals surface area contributed by atoms with Gasteiger partial charge in [0.15, 0.2) is 0 Å². The molecule has 0 radical (unpaired) electrons. The minimum Gasteiger partial charge on any atom is -0.354 e. The molecule has 0 unspecified atom stereocenters. The molecule has 5 aromatic heterocycles. The van der Waals surface area contributed by atoms with Gasteiger partial charge in [0.25, 0.3) is 0 Å². The van der Waals surface area contributed by atoms with Crippen LogP contribution in [0.5, 0.6) is 0 Å². The Morgan fingerprint density at radius 2 is 0.612 bits per heavy atom. The second-order valence-electron chi connectivity index (χ2n) is 30.6. The highest BCUT2D eigenvalue weighted by atomic mass is 15.2. The molecule has 121 heavy (non-hydrogen) atoms. The Balaban J connectivity index is 0.0000000909. The van der Waals surface area contributed by atoms with E-state index in [1.807, 2.05) is 67.5 Å². The van der Waals surface area contributed by atoms with Gasteiger partial charge in [-0.15, -0.1) is 0 Å². The average Bonchev–Trinajstić information content (AvgIpc) is 0.743. The van der Waals surface area contributed by atoms with Crippen LogP contribution in [0.1, 0.15) is 0 Å². The molecule has 0 atom stereocenters. The molecule has 10 nitrogen and oxygen atoms in total. The summed E-state index contributed by atoms with van der Waals surface area (Å²) >= 11 is 0. The van der Waals surface area contributed by atoms with Crippen LogP contribution in [0.15, 0.2) is 425 Å². The van der Waals surface area contributed by atoms with E-state index in [4.69, 9.17) is 4.98 Å². The lowest BCUT2D eigenvalue weighted by molar-refractivity contribution is 1.25. The molecule has 21 aromatic rings. The van der Waals surface area contributed by atoms with Crippen molar-refractivity contribution in [1.82, 2.24) is 24.9 Å². The average molecular weight is 1550 g/mol. The Kier molecular flexibility index (Phi) is 18.0. The highest BCUT2D eigenvalue weighted by Gasteiger charge is 2.29. The quantitative estimate of drug-likeness (QED) is 0.128. The number of hydrogen-bond acceptors (Lipinski definition) is 10. The fourth-order valence-corrected chi connectivity index (χ4v) is 17.9. The number of anilines is 11. The van der Waals surface area contributed by atoms with Crippen molar-refractivity contribution in [2.24, 2.45) is 0 Å². The molecule has 16 aromatic carbocycles. The zero-order valence-corrected chi connectivity index (χ0v) is 65.6. The first-order valence-electron chi connectivity index (χ1n) is 40.8. The van der Waals surface area contributed by atoms with E-state index in [1.165, 1.54) is 132 Å². The second-order valence-corrected chi connectivity index (χ2v) is 30.6. The van der Waals surface area contributed by atoms with Crippen molar-refractivity contribution in [2.45, 2.75) is 0 Å². The highest BCUT2D eigenvalue weighted by Crippen LogP contribution is 2.53. The summed E-state index contributed by atoms with van der Waals surface area (Å²) in [6.45, 7) is 0. The van der Waals surface area contributed by atoms with Crippen LogP contribution in [0.2, 0.25) is 0 Å². The standard InChI is InChI=1S/C27H18N2.4C21H14N2/c1-3-10-19(11-4-1)23-18-20-12-9-17-25-26(20)27(28-23)22-15-7-8-16-24(22)29(25)21-13-5-2-6-14-21;1-2-6-14(7-3-1)16-12-15-8-4-10-19-20(15)18(13-16)17-9-5-11-22-21(17)23-19;1-2-6-14(7-3-1)16-12-15-8-4-9-18-20(15)17(13-16)21-19(23-18)10-5-11-22-21;1-2-5-14(6-3-1)16-11-15-7-4-8-20-21(15)17(12-16)18-13-22-10-9-19(18)23-20;1-2-5-14(6-3-1)16-11-15-7-4-8-19-21(15)18(12-16)17-9-10-22-13-20(17)23-19/h1-18H;1-13H,(H,22,23);3*1-13,23H. The third kappa shape index (κ3) is 13.2. The molecule has 10 heterocycles. The molecule has 0 saturated carbocycles. The predicted molar refractivity (Wildman–Crippen MR) is 504 cm³/mol. The minimum absolute atomic E-state index is 0.928. The minimum atomic E-state index is 0.928. The maximum absolute atomic E-state index is 5.14. The van der Waals surface area contributed by atoms with E-state index in [0.29, 0.717) is 0 Å². The van der Waals surface area contributed by atoms with Gasteiger partial charge in [0.05, 0.1) is 46.0 Å². The first-order valence-corrected chi connectivity index (χ1v) is 40.8. The third-order valence-corrected chi connectivity index (χ3v) is 23.3. The molecule has 0 bridgehead atoms. The van der Waals surface area contributed by atoms with Crippen LogP contribution in [0.3, 0.4) is 0 Å². The molecule has 0 saturated heterocycles. The number of para-hydroxylation sites is 2. The zero-order valence-electron chi connectivity index (χ0n) is 65.6. The van der Waals surface area contributed by atoms with Crippen molar-refractivity contribution in [1.29, 1.82) is 0 Å². The lowest BCUT2D eigenvalue weighted by atomic mass is 9.90. The second kappa shape index (κ2) is 30.6. The number of nitrogens with zero attached hydrogens (tertiary/aromatic N) is 6. The van der Waals surface area contributed by atoms with E-state index in [2.05, 4.69) is 404 Å². The lowest BCUT2D eigenvalue weighted by Gasteiger charge is -2.33. The lowest BCUT2D eigenvalue weighted by Crippen LogP contribution is -2.15. The summed E-state index contributed by atoms with van der Waals surface area (Å²) in [7, 11) is 0. The molecule has 0 spiro atoms. The van der Waals surface area contributed by atoms with E-state index in [0.717, 1.165) is 96.3 Å². The number of fused-ring (bicyclic) bond motifs is 10. The number of pyridine rings is 5. The van der Waals surface area contributed by atoms with Gasteiger partial charge in [0.1, 0.15) is 5.82 Å². The van der Waals surface area contributed by atoms with Crippen molar-refractivity contribution in [3.05, 3.63) is 425 Å². The molecule has 10 heteroatoms. The van der Waals surface area contributed by atoms with Gasteiger partial charge in [-0.3, -0.25) is 15.0 Å². The van der Waals surface area contributed by atoms with Crippen LogP contribution in [-0.2, 0) is 0 Å². The van der Waals surface area contributed by atoms with Gasteiger partial charge in [-0.25, -0.2) is 9.97 Å². The molecule has 568 valence electrons. The van der Waals surface area contributed by atoms with Crippen molar-refractivity contribution in [2.75, 3.05) is 26.2 Å². The number of benzene rings is 16. The first kappa shape index (κ1) is 71.1. The topological polar surface area (TPSA) is 116 Å². The Hall–Kier alpha value is -16.4. The fraction of sp³-hybridized carbons (Fsp3) is 0. The van der Waals surface area contributed by atoms with E-state index in [-0.39, 0.29) is 0 Å². The number of aromatic nitrogens is 5. The Morgan fingerprint density at radius 3 is 1.18 bits per heavy atom. The molecule has 26 rings (SSSR count). The summed E-state index contributed by atoms with van der Waals surface area (Å²) < 4.78 is 0. The van der Waals surface area contributed by atoms with Gasteiger partial charge in [0.2, 0.25) is 0 Å². The van der Waals surface area contributed by atoms with Crippen molar-refractivity contribution < 1.29 is 0 Å². The molecule has 5 aliphatic rings. The molecule has 0 fully saturated rings. The highest BCUT2D eigenvalue weighted by molar-refractivity contribution is 6.18. The van der Waals surface area contributed by atoms with E-state index in [9.17, 15) is 0 Å². The molecule has 0 aliphatic carbocycles.